The maximum absolute atomic E-state index is 5.61. The summed E-state index contributed by atoms with van der Waals surface area (Å²) in [6.45, 7) is 0.788. The molecule has 1 aliphatic rings. The second-order valence-electron chi connectivity index (χ2n) is 3.97. The zero-order valence-electron chi connectivity index (χ0n) is 8.11. The van der Waals surface area contributed by atoms with E-state index in [4.69, 9.17) is 5.73 Å². The van der Waals surface area contributed by atoms with Crippen LogP contribution in [-0.4, -0.2) is 16.3 Å². The van der Waals surface area contributed by atoms with Crippen LogP contribution in [0.5, 0.6) is 0 Å². The molecule has 1 atom stereocenters. The zero-order chi connectivity index (χ0) is 9.26. The van der Waals surface area contributed by atoms with Crippen molar-refractivity contribution < 1.29 is 0 Å². The molecule has 1 unspecified atom stereocenters. The Morgan fingerprint density at radius 2 is 2.46 bits per heavy atom. The van der Waals surface area contributed by atoms with Gasteiger partial charge < -0.3 is 5.73 Å². The molecule has 0 aliphatic heterocycles. The highest BCUT2D eigenvalue weighted by atomic mass is 15.2. The first-order chi connectivity index (χ1) is 6.31. The SMILES string of the molecule is Cn1cc(C(CCN)C2CC2)cn1. The van der Waals surface area contributed by atoms with Crippen LogP contribution in [0.1, 0.15) is 30.7 Å². The number of hydrogen-bond donors (Lipinski definition) is 1. The average Bonchev–Trinajstić information content (AvgIpc) is 2.85. The summed E-state index contributed by atoms with van der Waals surface area (Å²) >= 11 is 0. The molecular weight excluding hydrogens is 162 g/mol. The Kier molecular flexibility index (Phi) is 2.36. The molecule has 0 aromatic carbocycles. The molecule has 2 rings (SSSR count). The molecule has 1 heterocycles. The molecule has 0 spiro atoms. The minimum absolute atomic E-state index is 0.665. The van der Waals surface area contributed by atoms with Crippen LogP contribution in [0.4, 0.5) is 0 Å². The highest BCUT2D eigenvalue weighted by Gasteiger charge is 2.32. The van der Waals surface area contributed by atoms with Gasteiger partial charge in [-0.3, -0.25) is 4.68 Å². The van der Waals surface area contributed by atoms with Gasteiger partial charge in [0.15, 0.2) is 0 Å². The van der Waals surface area contributed by atoms with Crippen molar-refractivity contribution in [2.45, 2.75) is 25.2 Å². The Morgan fingerprint density at radius 3 is 2.92 bits per heavy atom. The molecule has 0 saturated heterocycles. The van der Waals surface area contributed by atoms with Gasteiger partial charge in [-0.2, -0.15) is 5.10 Å². The molecular formula is C10H17N3. The number of hydrogen-bond acceptors (Lipinski definition) is 2. The number of nitrogens with two attached hydrogens (primary N) is 1. The second kappa shape index (κ2) is 3.50. The summed E-state index contributed by atoms with van der Waals surface area (Å²) in [4.78, 5) is 0. The molecule has 0 amide bonds. The lowest BCUT2D eigenvalue weighted by Crippen LogP contribution is -2.08. The van der Waals surface area contributed by atoms with E-state index in [-0.39, 0.29) is 0 Å². The maximum atomic E-state index is 5.61. The fourth-order valence-corrected chi connectivity index (χ4v) is 1.98. The van der Waals surface area contributed by atoms with Gasteiger partial charge in [0, 0.05) is 13.2 Å². The first-order valence-corrected chi connectivity index (χ1v) is 5.00. The highest BCUT2D eigenvalue weighted by molar-refractivity contribution is 5.14. The smallest absolute Gasteiger partial charge is 0.0524 e. The third kappa shape index (κ3) is 1.91. The topological polar surface area (TPSA) is 43.8 Å². The molecule has 72 valence electrons. The van der Waals surface area contributed by atoms with E-state index in [0.29, 0.717) is 5.92 Å². The fourth-order valence-electron chi connectivity index (χ4n) is 1.98. The first-order valence-electron chi connectivity index (χ1n) is 5.00. The van der Waals surface area contributed by atoms with Crippen LogP contribution in [0, 0.1) is 5.92 Å². The normalized spacial score (nSPS) is 18.9. The lowest BCUT2D eigenvalue weighted by Gasteiger charge is -2.12. The van der Waals surface area contributed by atoms with Gasteiger partial charge in [0.2, 0.25) is 0 Å². The van der Waals surface area contributed by atoms with E-state index < -0.39 is 0 Å². The van der Waals surface area contributed by atoms with Gasteiger partial charge in [-0.1, -0.05) is 0 Å². The fraction of sp³-hybridized carbons (Fsp3) is 0.700. The Labute approximate surface area is 78.9 Å². The van der Waals surface area contributed by atoms with Gasteiger partial charge in [0.05, 0.1) is 6.20 Å². The molecule has 1 aliphatic carbocycles. The minimum Gasteiger partial charge on any atom is -0.330 e. The van der Waals surface area contributed by atoms with E-state index in [1.807, 2.05) is 17.9 Å². The van der Waals surface area contributed by atoms with Crippen molar-refractivity contribution in [2.75, 3.05) is 6.54 Å². The molecule has 1 fully saturated rings. The summed E-state index contributed by atoms with van der Waals surface area (Å²) in [6.07, 6.45) is 7.97. The summed E-state index contributed by atoms with van der Waals surface area (Å²) in [5.41, 5.74) is 6.98. The Bertz CT molecular complexity index is 275. The van der Waals surface area contributed by atoms with Gasteiger partial charge in [0.1, 0.15) is 0 Å². The van der Waals surface area contributed by atoms with Crippen molar-refractivity contribution in [1.29, 1.82) is 0 Å². The predicted octanol–water partition coefficient (Wildman–Crippen LogP) is 1.26. The molecule has 2 N–H and O–H groups in total. The van der Waals surface area contributed by atoms with Gasteiger partial charge in [-0.05, 0) is 43.2 Å². The Balaban J connectivity index is 2.10. The number of rotatable bonds is 4. The van der Waals surface area contributed by atoms with Gasteiger partial charge in [-0.25, -0.2) is 0 Å². The lowest BCUT2D eigenvalue weighted by molar-refractivity contribution is 0.565. The molecule has 1 saturated carbocycles. The van der Waals surface area contributed by atoms with Crippen molar-refractivity contribution in [3.05, 3.63) is 18.0 Å². The molecule has 0 bridgehead atoms. The monoisotopic (exact) mass is 179 g/mol. The van der Waals surface area contributed by atoms with Crippen LogP contribution in [0.25, 0.3) is 0 Å². The number of aromatic nitrogens is 2. The van der Waals surface area contributed by atoms with Crippen LogP contribution in [-0.2, 0) is 7.05 Å². The van der Waals surface area contributed by atoms with Gasteiger partial charge in [0.25, 0.3) is 0 Å². The highest BCUT2D eigenvalue weighted by Crippen LogP contribution is 2.43. The Hall–Kier alpha value is -0.830. The van der Waals surface area contributed by atoms with Crippen molar-refractivity contribution in [3.63, 3.8) is 0 Å². The van der Waals surface area contributed by atoms with E-state index in [2.05, 4.69) is 11.3 Å². The zero-order valence-corrected chi connectivity index (χ0v) is 8.11. The third-order valence-corrected chi connectivity index (χ3v) is 2.82. The van der Waals surface area contributed by atoms with Crippen LogP contribution < -0.4 is 5.73 Å². The van der Waals surface area contributed by atoms with E-state index >= 15 is 0 Å². The maximum Gasteiger partial charge on any atom is 0.0524 e. The molecule has 1 aromatic rings. The molecule has 3 heteroatoms. The van der Waals surface area contributed by atoms with Crippen LogP contribution in [0.15, 0.2) is 12.4 Å². The first kappa shape index (κ1) is 8.75. The summed E-state index contributed by atoms with van der Waals surface area (Å²) in [5, 5.41) is 4.21. The van der Waals surface area contributed by atoms with Crippen molar-refractivity contribution in [2.24, 2.45) is 18.7 Å². The van der Waals surface area contributed by atoms with Crippen molar-refractivity contribution >= 4 is 0 Å². The van der Waals surface area contributed by atoms with Crippen LogP contribution in [0.2, 0.25) is 0 Å². The third-order valence-electron chi connectivity index (χ3n) is 2.82. The quantitative estimate of drug-likeness (QED) is 0.756. The minimum atomic E-state index is 0.665. The lowest BCUT2D eigenvalue weighted by atomic mass is 9.94. The second-order valence-corrected chi connectivity index (χ2v) is 3.97. The van der Waals surface area contributed by atoms with Crippen molar-refractivity contribution in [1.82, 2.24) is 9.78 Å². The molecule has 13 heavy (non-hydrogen) atoms. The van der Waals surface area contributed by atoms with Gasteiger partial charge >= 0.3 is 0 Å². The molecule has 3 nitrogen and oxygen atoms in total. The van der Waals surface area contributed by atoms with Crippen molar-refractivity contribution in [3.8, 4) is 0 Å². The van der Waals surface area contributed by atoms with Crippen LogP contribution >= 0.6 is 0 Å². The van der Waals surface area contributed by atoms with E-state index in [9.17, 15) is 0 Å². The van der Waals surface area contributed by atoms with Crippen LogP contribution in [0.3, 0.4) is 0 Å². The van der Waals surface area contributed by atoms with E-state index in [1.54, 1.807) is 0 Å². The largest absolute Gasteiger partial charge is 0.330 e. The van der Waals surface area contributed by atoms with E-state index in [1.165, 1.54) is 18.4 Å². The standard InChI is InChI=1S/C10H17N3/c1-13-7-9(6-12-13)10(4-5-11)8-2-3-8/h6-8,10H,2-5,11H2,1H3. The van der Waals surface area contributed by atoms with E-state index in [0.717, 1.165) is 18.9 Å². The molecule has 1 aromatic heterocycles. The number of aryl methyl sites for hydroxylation is 1. The summed E-state index contributed by atoms with van der Waals surface area (Å²) in [6, 6.07) is 0. The number of nitrogens with zero attached hydrogens (tertiary/aromatic N) is 2. The average molecular weight is 179 g/mol. The molecule has 0 radical (unpaired) electrons. The summed E-state index contributed by atoms with van der Waals surface area (Å²) < 4.78 is 1.88. The summed E-state index contributed by atoms with van der Waals surface area (Å²) in [5.74, 6) is 1.55. The Morgan fingerprint density at radius 1 is 1.69 bits per heavy atom. The summed E-state index contributed by atoms with van der Waals surface area (Å²) in [7, 11) is 1.97. The van der Waals surface area contributed by atoms with Gasteiger partial charge in [-0.15, -0.1) is 0 Å². The predicted molar refractivity (Wildman–Crippen MR) is 52.3 cm³/mol.